The van der Waals surface area contributed by atoms with E-state index in [0.29, 0.717) is 18.5 Å². The maximum absolute atomic E-state index is 13.1. The Kier molecular flexibility index (Phi) is 3.17. The predicted molar refractivity (Wildman–Crippen MR) is 85.4 cm³/mol. The van der Waals surface area contributed by atoms with E-state index in [1.54, 1.807) is 4.90 Å². The van der Waals surface area contributed by atoms with Crippen LogP contribution in [0.5, 0.6) is 0 Å². The number of hydrogen-bond acceptors (Lipinski definition) is 2. The molecule has 0 aliphatic carbocycles. The lowest BCUT2D eigenvalue weighted by Gasteiger charge is -2.43. The molecule has 1 fully saturated rings. The van der Waals surface area contributed by atoms with Crippen molar-refractivity contribution >= 4 is 11.8 Å². The summed E-state index contributed by atoms with van der Waals surface area (Å²) in [5.41, 5.74) is 1.18. The lowest BCUT2D eigenvalue weighted by atomic mass is 9.79. The van der Waals surface area contributed by atoms with Crippen LogP contribution in [0.25, 0.3) is 0 Å². The maximum atomic E-state index is 13.1. The quantitative estimate of drug-likeness (QED) is 0.810. The first-order valence-electron chi connectivity index (χ1n) is 7.66. The summed E-state index contributed by atoms with van der Waals surface area (Å²) in [6.45, 7) is 10.5. The minimum Gasteiger partial charge on any atom is -0.349 e. The first-order chi connectivity index (χ1) is 10.3. The third-order valence-corrected chi connectivity index (χ3v) is 4.37. The Labute approximate surface area is 131 Å². The Morgan fingerprint density at radius 3 is 2.68 bits per heavy atom. The second-order valence-corrected chi connectivity index (χ2v) is 7.24. The second-order valence-electron chi connectivity index (χ2n) is 7.24. The van der Waals surface area contributed by atoms with Crippen molar-refractivity contribution in [1.82, 2.24) is 10.2 Å². The first kappa shape index (κ1) is 14.8. The number of benzene rings is 1. The van der Waals surface area contributed by atoms with Gasteiger partial charge in [0.2, 0.25) is 0 Å². The van der Waals surface area contributed by atoms with Gasteiger partial charge in [0.25, 0.3) is 11.8 Å². The van der Waals surface area contributed by atoms with Gasteiger partial charge in [0.1, 0.15) is 0 Å². The summed E-state index contributed by atoms with van der Waals surface area (Å²) < 4.78 is 0. The highest BCUT2D eigenvalue weighted by Gasteiger charge is 2.56. The van der Waals surface area contributed by atoms with Gasteiger partial charge in [-0.25, -0.2) is 0 Å². The van der Waals surface area contributed by atoms with Gasteiger partial charge in [-0.2, -0.15) is 0 Å². The monoisotopic (exact) mass is 298 g/mol. The van der Waals surface area contributed by atoms with E-state index >= 15 is 0 Å². The standard InChI is InChI=1S/C18H22N2O2/c1-12-9-10-20-15(21)13-7-5-6-8-14(13)18(20,11-12)16(22)19-17(2,3)4/h5-8H,1,9-11H2,2-4H3,(H,19,22)/t18-/m0/s1. The van der Waals surface area contributed by atoms with Crippen LogP contribution in [-0.4, -0.2) is 28.8 Å². The lowest BCUT2D eigenvalue weighted by Crippen LogP contribution is -2.59. The maximum Gasteiger partial charge on any atom is 0.255 e. The highest BCUT2D eigenvalue weighted by Crippen LogP contribution is 2.47. The van der Waals surface area contributed by atoms with E-state index in [-0.39, 0.29) is 17.4 Å². The molecule has 0 radical (unpaired) electrons. The van der Waals surface area contributed by atoms with Gasteiger partial charge in [-0.15, -0.1) is 0 Å². The van der Waals surface area contributed by atoms with Crippen molar-refractivity contribution in [2.45, 2.75) is 44.7 Å². The number of carbonyl (C=O) groups is 2. The van der Waals surface area contributed by atoms with Gasteiger partial charge in [0.05, 0.1) is 0 Å². The average Bonchev–Trinajstić information content (AvgIpc) is 2.68. The van der Waals surface area contributed by atoms with Crippen molar-refractivity contribution in [3.63, 3.8) is 0 Å². The van der Waals surface area contributed by atoms with Gasteiger partial charge in [-0.1, -0.05) is 30.4 Å². The van der Waals surface area contributed by atoms with E-state index in [1.807, 2.05) is 45.0 Å². The molecule has 4 nitrogen and oxygen atoms in total. The summed E-state index contributed by atoms with van der Waals surface area (Å²) in [5.74, 6) is -0.161. The highest BCUT2D eigenvalue weighted by atomic mass is 16.2. The number of piperidine rings is 1. The van der Waals surface area contributed by atoms with Gasteiger partial charge in [-0.05, 0) is 33.3 Å². The van der Waals surface area contributed by atoms with E-state index in [9.17, 15) is 9.59 Å². The third kappa shape index (κ3) is 2.05. The van der Waals surface area contributed by atoms with Gasteiger partial charge in [-0.3, -0.25) is 9.59 Å². The van der Waals surface area contributed by atoms with Crippen molar-refractivity contribution in [1.29, 1.82) is 0 Å². The fourth-order valence-electron chi connectivity index (χ4n) is 3.47. The van der Waals surface area contributed by atoms with Crippen molar-refractivity contribution in [2.24, 2.45) is 0 Å². The van der Waals surface area contributed by atoms with Crippen LogP contribution in [0.1, 0.15) is 49.5 Å². The zero-order chi connectivity index (χ0) is 16.1. The van der Waals surface area contributed by atoms with E-state index in [1.165, 1.54) is 0 Å². The van der Waals surface area contributed by atoms with E-state index in [0.717, 1.165) is 17.6 Å². The molecular weight excluding hydrogens is 276 g/mol. The van der Waals surface area contributed by atoms with E-state index in [2.05, 4.69) is 11.9 Å². The molecule has 116 valence electrons. The molecule has 1 N–H and O–H groups in total. The molecule has 3 rings (SSSR count). The summed E-state index contributed by atoms with van der Waals surface area (Å²) >= 11 is 0. The van der Waals surface area contributed by atoms with Crippen LogP contribution in [0.3, 0.4) is 0 Å². The molecule has 0 unspecified atom stereocenters. The van der Waals surface area contributed by atoms with Crippen LogP contribution in [-0.2, 0) is 10.3 Å². The van der Waals surface area contributed by atoms with Gasteiger partial charge >= 0.3 is 0 Å². The largest absolute Gasteiger partial charge is 0.349 e. The number of rotatable bonds is 1. The summed E-state index contributed by atoms with van der Waals surface area (Å²) in [4.78, 5) is 27.6. The Balaban J connectivity index is 2.16. The molecule has 0 saturated carbocycles. The summed E-state index contributed by atoms with van der Waals surface area (Å²) in [7, 11) is 0. The molecule has 1 saturated heterocycles. The summed E-state index contributed by atoms with van der Waals surface area (Å²) in [6, 6.07) is 7.44. The molecule has 0 aromatic heterocycles. The van der Waals surface area contributed by atoms with E-state index < -0.39 is 5.54 Å². The van der Waals surface area contributed by atoms with Crippen LogP contribution in [0.4, 0.5) is 0 Å². The smallest absolute Gasteiger partial charge is 0.255 e. The molecule has 2 aliphatic rings. The molecule has 2 heterocycles. The number of nitrogens with one attached hydrogen (secondary N) is 1. The van der Waals surface area contributed by atoms with Gasteiger partial charge < -0.3 is 10.2 Å². The van der Waals surface area contributed by atoms with Crippen LogP contribution in [0, 0.1) is 0 Å². The molecule has 1 aromatic rings. The highest BCUT2D eigenvalue weighted by molar-refractivity contribution is 6.07. The Morgan fingerprint density at radius 1 is 1.32 bits per heavy atom. The van der Waals surface area contributed by atoms with Crippen molar-refractivity contribution in [2.75, 3.05) is 6.54 Å². The second kappa shape index (κ2) is 4.70. The Morgan fingerprint density at radius 2 is 2.00 bits per heavy atom. The Hall–Kier alpha value is -2.10. The molecule has 0 spiro atoms. The molecule has 2 aliphatic heterocycles. The summed E-state index contributed by atoms with van der Waals surface area (Å²) in [6.07, 6.45) is 1.25. The van der Waals surface area contributed by atoms with Crippen LogP contribution >= 0.6 is 0 Å². The topological polar surface area (TPSA) is 49.4 Å². The van der Waals surface area contributed by atoms with Crippen LogP contribution in [0.2, 0.25) is 0 Å². The molecule has 22 heavy (non-hydrogen) atoms. The third-order valence-electron chi connectivity index (χ3n) is 4.37. The van der Waals surface area contributed by atoms with Crippen LogP contribution in [0.15, 0.2) is 36.4 Å². The summed E-state index contributed by atoms with van der Waals surface area (Å²) in [5, 5.41) is 3.06. The molecule has 1 atom stereocenters. The fourth-order valence-corrected chi connectivity index (χ4v) is 3.47. The number of carbonyl (C=O) groups excluding carboxylic acids is 2. The molecule has 1 aromatic carbocycles. The number of amides is 2. The molecular formula is C18H22N2O2. The lowest BCUT2D eigenvalue weighted by molar-refractivity contribution is -0.134. The average molecular weight is 298 g/mol. The normalized spacial score (nSPS) is 24.0. The fraction of sp³-hybridized carbons (Fsp3) is 0.444. The van der Waals surface area contributed by atoms with Crippen LogP contribution < -0.4 is 5.32 Å². The van der Waals surface area contributed by atoms with E-state index in [4.69, 9.17) is 0 Å². The van der Waals surface area contributed by atoms with Crippen molar-refractivity contribution in [3.05, 3.63) is 47.5 Å². The number of hydrogen-bond donors (Lipinski definition) is 1. The molecule has 4 heteroatoms. The number of nitrogens with zero attached hydrogens (tertiary/aromatic N) is 1. The predicted octanol–water partition coefficient (Wildman–Crippen LogP) is 2.60. The van der Waals surface area contributed by atoms with Gasteiger partial charge in [0.15, 0.2) is 5.54 Å². The number of fused-ring (bicyclic) bond motifs is 3. The molecule has 0 bridgehead atoms. The molecule has 2 amide bonds. The minimum atomic E-state index is -0.934. The van der Waals surface area contributed by atoms with Crippen molar-refractivity contribution < 1.29 is 9.59 Å². The zero-order valence-electron chi connectivity index (χ0n) is 13.4. The van der Waals surface area contributed by atoms with Gasteiger partial charge in [0, 0.05) is 29.6 Å². The van der Waals surface area contributed by atoms with Crippen molar-refractivity contribution in [3.8, 4) is 0 Å². The SMILES string of the molecule is C=C1CCN2C(=O)c3ccccc3[C@]2(C(=O)NC(C)(C)C)C1. The zero-order valence-corrected chi connectivity index (χ0v) is 13.4. The Bertz CT molecular complexity index is 672. The first-order valence-corrected chi connectivity index (χ1v) is 7.66. The minimum absolute atomic E-state index is 0.0489.